The third kappa shape index (κ3) is 4.48. The number of nitrogens with one attached hydrogen (secondary N) is 2. The van der Waals surface area contributed by atoms with E-state index in [1.165, 1.54) is 12.1 Å². The smallest absolute Gasteiger partial charge is 0.354 e. The van der Waals surface area contributed by atoms with Crippen LogP contribution in [-0.2, 0) is 6.54 Å². The van der Waals surface area contributed by atoms with E-state index in [9.17, 15) is 4.79 Å². The average Bonchev–Trinajstić information content (AvgIpc) is 3.28. The summed E-state index contributed by atoms with van der Waals surface area (Å²) in [4.78, 5) is 24.0. The molecule has 3 aromatic rings. The highest BCUT2D eigenvalue weighted by atomic mass is 16.1. The minimum atomic E-state index is -0.277. The summed E-state index contributed by atoms with van der Waals surface area (Å²) in [5.41, 5.74) is 14.1. The Morgan fingerprint density at radius 1 is 1.34 bits per heavy atom. The zero-order valence-electron chi connectivity index (χ0n) is 16.6. The standard InChI is InChI=1S/C21H27N7O/c1-13-9-17(13)18-10-15-12-28(21(29)27-19(15)26-18)16-5-3-14(4-6-16)11-24-7-2-8-25-20(22)23/h3-6,10,12-13,17,24H,2,7-9,11H2,1H3,(H4,22,23,25)(H,26,27,29). The van der Waals surface area contributed by atoms with Crippen LogP contribution in [-0.4, -0.2) is 33.6 Å². The van der Waals surface area contributed by atoms with Gasteiger partial charge in [0, 0.05) is 36.3 Å². The van der Waals surface area contributed by atoms with Crippen molar-refractivity contribution in [2.24, 2.45) is 22.4 Å². The van der Waals surface area contributed by atoms with Crippen molar-refractivity contribution in [3.63, 3.8) is 0 Å². The Morgan fingerprint density at radius 2 is 2.10 bits per heavy atom. The highest BCUT2D eigenvalue weighted by molar-refractivity contribution is 5.76. The number of nitrogens with two attached hydrogens (primary N) is 2. The van der Waals surface area contributed by atoms with Gasteiger partial charge in [-0.05, 0) is 49.1 Å². The van der Waals surface area contributed by atoms with Crippen molar-refractivity contribution in [3.8, 4) is 5.69 Å². The number of guanidine groups is 1. The third-order valence-corrected chi connectivity index (χ3v) is 5.39. The Morgan fingerprint density at radius 3 is 2.79 bits per heavy atom. The van der Waals surface area contributed by atoms with Crippen molar-refractivity contribution >= 4 is 17.0 Å². The molecule has 1 aromatic carbocycles. The molecule has 0 bridgehead atoms. The van der Waals surface area contributed by atoms with Crippen molar-refractivity contribution in [1.82, 2.24) is 19.9 Å². The first-order valence-electron chi connectivity index (χ1n) is 9.99. The Bertz CT molecular complexity index is 1080. The Balaban J connectivity index is 1.42. The molecule has 1 aliphatic carbocycles. The van der Waals surface area contributed by atoms with Crippen molar-refractivity contribution in [2.45, 2.75) is 32.2 Å². The molecule has 8 heteroatoms. The monoisotopic (exact) mass is 393 g/mol. The molecule has 152 valence electrons. The van der Waals surface area contributed by atoms with Gasteiger partial charge in [0.15, 0.2) is 5.96 Å². The number of benzene rings is 1. The average molecular weight is 393 g/mol. The molecule has 0 saturated heterocycles. The van der Waals surface area contributed by atoms with Gasteiger partial charge in [-0.3, -0.25) is 9.56 Å². The lowest BCUT2D eigenvalue weighted by molar-refractivity contribution is 0.655. The molecule has 0 radical (unpaired) electrons. The molecule has 0 aliphatic heterocycles. The van der Waals surface area contributed by atoms with Gasteiger partial charge in [0.05, 0.1) is 5.69 Å². The zero-order chi connectivity index (χ0) is 20.4. The molecule has 2 heterocycles. The molecular formula is C21H27N7O. The molecule has 1 saturated carbocycles. The summed E-state index contributed by atoms with van der Waals surface area (Å²) in [6.07, 6.45) is 3.94. The van der Waals surface area contributed by atoms with Gasteiger partial charge in [0.25, 0.3) is 0 Å². The summed E-state index contributed by atoms with van der Waals surface area (Å²) in [6.45, 7) is 4.43. The van der Waals surface area contributed by atoms with Crippen LogP contribution in [0.15, 0.2) is 46.3 Å². The molecule has 1 aliphatic rings. The number of fused-ring (bicyclic) bond motifs is 1. The van der Waals surface area contributed by atoms with E-state index in [1.807, 2.05) is 30.5 Å². The highest BCUT2D eigenvalue weighted by Gasteiger charge is 2.35. The minimum Gasteiger partial charge on any atom is -0.370 e. The van der Waals surface area contributed by atoms with Crippen molar-refractivity contribution in [3.05, 3.63) is 58.3 Å². The molecule has 0 amide bonds. The number of hydrogen-bond donors (Lipinski definition) is 4. The number of nitrogens with zero attached hydrogens (tertiary/aromatic N) is 3. The van der Waals surface area contributed by atoms with Crippen LogP contribution in [0.1, 0.15) is 36.9 Å². The summed E-state index contributed by atoms with van der Waals surface area (Å²) >= 11 is 0. The van der Waals surface area contributed by atoms with Crippen LogP contribution >= 0.6 is 0 Å². The van der Waals surface area contributed by atoms with E-state index in [4.69, 9.17) is 11.5 Å². The Hall–Kier alpha value is -3.13. The van der Waals surface area contributed by atoms with Crippen molar-refractivity contribution in [2.75, 3.05) is 13.1 Å². The summed E-state index contributed by atoms with van der Waals surface area (Å²) in [5.74, 6) is 1.40. The van der Waals surface area contributed by atoms with E-state index < -0.39 is 0 Å². The van der Waals surface area contributed by atoms with E-state index in [0.29, 0.717) is 24.0 Å². The lowest BCUT2D eigenvalue weighted by Crippen LogP contribution is -2.23. The maximum atomic E-state index is 12.5. The van der Waals surface area contributed by atoms with Gasteiger partial charge in [-0.25, -0.2) is 4.79 Å². The first-order chi connectivity index (χ1) is 14.0. The molecule has 2 unspecified atom stereocenters. The second-order valence-corrected chi connectivity index (χ2v) is 7.74. The van der Waals surface area contributed by atoms with Gasteiger partial charge in [-0.15, -0.1) is 0 Å². The molecule has 8 nitrogen and oxygen atoms in total. The Labute approximate surface area is 169 Å². The van der Waals surface area contributed by atoms with Gasteiger partial charge in [0.1, 0.15) is 5.65 Å². The van der Waals surface area contributed by atoms with Crippen LogP contribution in [0, 0.1) is 5.92 Å². The largest absolute Gasteiger partial charge is 0.370 e. The number of aromatic amines is 1. The predicted octanol–water partition coefficient (Wildman–Crippen LogP) is 1.59. The van der Waals surface area contributed by atoms with Gasteiger partial charge in [-0.2, -0.15) is 4.98 Å². The molecule has 6 N–H and O–H groups in total. The van der Waals surface area contributed by atoms with Crippen molar-refractivity contribution in [1.29, 1.82) is 0 Å². The normalized spacial score (nSPS) is 18.1. The number of hydrogen-bond acceptors (Lipinski definition) is 4. The lowest BCUT2D eigenvalue weighted by atomic mass is 10.2. The number of aliphatic imine (C=N–C) groups is 1. The molecule has 0 spiro atoms. The number of H-pyrrole nitrogens is 1. The first kappa shape index (κ1) is 19.2. The highest BCUT2D eigenvalue weighted by Crippen LogP contribution is 2.46. The molecule has 4 rings (SSSR count). The topological polar surface area (TPSA) is 127 Å². The summed E-state index contributed by atoms with van der Waals surface area (Å²) in [7, 11) is 0. The van der Waals surface area contributed by atoms with Crippen LogP contribution in [0.2, 0.25) is 0 Å². The SMILES string of the molecule is CC1CC1c1cc2cn(-c3ccc(CNCCCN=C(N)N)cc3)c(=O)nc2[nH]1. The quantitative estimate of drug-likeness (QED) is 0.263. The fourth-order valence-electron chi connectivity index (χ4n) is 3.58. The van der Waals surface area contributed by atoms with Crippen LogP contribution < -0.4 is 22.5 Å². The molecule has 2 aromatic heterocycles. The fraction of sp³-hybridized carbons (Fsp3) is 0.381. The van der Waals surface area contributed by atoms with Crippen LogP contribution in [0.3, 0.4) is 0 Å². The molecule has 2 atom stereocenters. The van der Waals surface area contributed by atoms with E-state index in [0.717, 1.165) is 36.1 Å². The van der Waals surface area contributed by atoms with Crippen molar-refractivity contribution < 1.29 is 0 Å². The van der Waals surface area contributed by atoms with Gasteiger partial charge in [0.2, 0.25) is 0 Å². The van der Waals surface area contributed by atoms with Gasteiger partial charge < -0.3 is 21.8 Å². The maximum Gasteiger partial charge on any atom is 0.354 e. The van der Waals surface area contributed by atoms with E-state index in [1.54, 1.807) is 4.57 Å². The maximum absolute atomic E-state index is 12.5. The number of aromatic nitrogens is 3. The van der Waals surface area contributed by atoms with Crippen LogP contribution in [0.5, 0.6) is 0 Å². The fourth-order valence-corrected chi connectivity index (χ4v) is 3.58. The van der Waals surface area contributed by atoms with Crippen LogP contribution in [0.25, 0.3) is 16.7 Å². The zero-order valence-corrected chi connectivity index (χ0v) is 16.6. The Kier molecular flexibility index (Phi) is 5.35. The third-order valence-electron chi connectivity index (χ3n) is 5.39. The first-order valence-corrected chi connectivity index (χ1v) is 9.99. The van der Waals surface area contributed by atoms with Gasteiger partial charge in [-0.1, -0.05) is 19.1 Å². The molecular weight excluding hydrogens is 366 g/mol. The predicted molar refractivity (Wildman–Crippen MR) is 115 cm³/mol. The molecule has 29 heavy (non-hydrogen) atoms. The second-order valence-electron chi connectivity index (χ2n) is 7.74. The summed E-state index contributed by atoms with van der Waals surface area (Å²) in [6, 6.07) is 10.0. The second kappa shape index (κ2) is 8.08. The summed E-state index contributed by atoms with van der Waals surface area (Å²) in [5, 5.41) is 4.32. The number of rotatable bonds is 8. The lowest BCUT2D eigenvalue weighted by Gasteiger charge is -2.08. The van der Waals surface area contributed by atoms with Gasteiger partial charge >= 0.3 is 5.69 Å². The van der Waals surface area contributed by atoms with E-state index >= 15 is 0 Å². The van der Waals surface area contributed by atoms with E-state index in [2.05, 4.69) is 33.3 Å². The summed E-state index contributed by atoms with van der Waals surface area (Å²) < 4.78 is 1.60. The minimum absolute atomic E-state index is 0.126. The van der Waals surface area contributed by atoms with E-state index in [-0.39, 0.29) is 11.6 Å². The molecule has 1 fully saturated rings. The van der Waals surface area contributed by atoms with Crippen LogP contribution in [0.4, 0.5) is 0 Å².